The van der Waals surface area contributed by atoms with Gasteiger partial charge in [-0.15, -0.1) is 0 Å². The van der Waals surface area contributed by atoms with E-state index in [9.17, 15) is 15.0 Å². The summed E-state index contributed by atoms with van der Waals surface area (Å²) in [6.07, 6.45) is -3.11. The van der Waals surface area contributed by atoms with E-state index in [4.69, 9.17) is 15.0 Å². The predicted octanol–water partition coefficient (Wildman–Crippen LogP) is 0.234. The van der Waals surface area contributed by atoms with Crippen LogP contribution < -0.4 is 5.69 Å². The predicted molar refractivity (Wildman–Crippen MR) is 78.3 cm³/mol. The Balaban J connectivity index is 2.38. The van der Waals surface area contributed by atoms with Crippen molar-refractivity contribution in [2.75, 3.05) is 6.61 Å². The Morgan fingerprint density at radius 3 is 2.87 bits per heavy atom. The fourth-order valence-electron chi connectivity index (χ4n) is 2.28. The van der Waals surface area contributed by atoms with Crippen LogP contribution in [0.2, 0.25) is 0 Å². The second-order valence-corrected chi connectivity index (χ2v) is 5.60. The molecule has 0 spiro atoms. The Kier molecular flexibility index (Phi) is 5.03. The van der Waals surface area contributed by atoms with Gasteiger partial charge in [-0.25, -0.2) is 4.79 Å². The average molecular weight is 325 g/mol. The van der Waals surface area contributed by atoms with E-state index in [2.05, 4.69) is 15.0 Å². The molecule has 1 aromatic heterocycles. The molecule has 0 radical (unpaired) electrons. The molecule has 0 amide bonds. The molecule has 1 saturated heterocycles. The van der Waals surface area contributed by atoms with Gasteiger partial charge >= 0.3 is 5.69 Å². The van der Waals surface area contributed by atoms with Crippen molar-refractivity contribution in [3.63, 3.8) is 0 Å². The molecule has 0 aliphatic carbocycles. The van der Waals surface area contributed by atoms with Gasteiger partial charge in [-0.3, -0.25) is 4.57 Å². The zero-order valence-corrected chi connectivity index (χ0v) is 13.0. The van der Waals surface area contributed by atoms with Gasteiger partial charge in [0.1, 0.15) is 12.2 Å². The lowest BCUT2D eigenvalue weighted by molar-refractivity contribution is -0.145. The average Bonchev–Trinajstić information content (AvgIpc) is 2.72. The summed E-state index contributed by atoms with van der Waals surface area (Å²) < 4.78 is 12.0. The molecule has 1 fully saturated rings. The number of aliphatic hydroxyl groups is 2. The third kappa shape index (κ3) is 3.36. The Bertz CT molecular complexity index is 671. The van der Waals surface area contributed by atoms with Gasteiger partial charge in [0.05, 0.1) is 12.7 Å². The van der Waals surface area contributed by atoms with Gasteiger partial charge in [0.25, 0.3) is 0 Å². The number of hydrogen-bond donors (Lipinski definition) is 2. The minimum absolute atomic E-state index is 0.212. The molecule has 0 unspecified atom stereocenters. The second kappa shape index (κ2) is 6.65. The fraction of sp³-hybridized carbons (Fsp3) is 0.692. The molecule has 2 N–H and O–H groups in total. The molecule has 1 aliphatic heterocycles. The number of hydrogen-bond acceptors (Lipinski definition) is 7. The summed E-state index contributed by atoms with van der Waals surface area (Å²) in [5.74, 6) is 0. The molecule has 2 heterocycles. The molecule has 1 aromatic rings. The normalized spacial score (nSPS) is 30.4. The number of azide groups is 1. The maximum Gasteiger partial charge on any atom is 0.349 e. The highest BCUT2D eigenvalue weighted by atomic mass is 16.6. The van der Waals surface area contributed by atoms with Crippen LogP contribution in [0.4, 0.5) is 0 Å². The molecule has 2 rings (SSSR count). The quantitative estimate of drug-likeness (QED) is 0.451. The topological polar surface area (TPSA) is 143 Å². The molecule has 10 heteroatoms. The van der Waals surface area contributed by atoms with E-state index in [0.717, 1.165) is 4.57 Å². The van der Waals surface area contributed by atoms with Gasteiger partial charge in [0, 0.05) is 16.8 Å². The first-order valence-electron chi connectivity index (χ1n) is 7.08. The van der Waals surface area contributed by atoms with Crippen LogP contribution in [-0.4, -0.2) is 50.4 Å². The first-order valence-corrected chi connectivity index (χ1v) is 7.08. The monoisotopic (exact) mass is 325 g/mol. The lowest BCUT2D eigenvalue weighted by Crippen LogP contribution is -2.45. The molecule has 0 saturated carbocycles. The molecule has 23 heavy (non-hydrogen) atoms. The van der Waals surface area contributed by atoms with Crippen LogP contribution in [0.3, 0.4) is 0 Å². The molecule has 1 aliphatic rings. The van der Waals surface area contributed by atoms with E-state index in [1.807, 2.05) is 0 Å². The SMILES string of the molecule is Cc1ccn([C@@H]2O[C@@](COC(C)C)(N=[N+]=[N-])[C@@H](O)[C@@H]2O)c(=O)n1. The maximum absolute atomic E-state index is 12.0. The fourth-order valence-corrected chi connectivity index (χ4v) is 2.28. The lowest BCUT2D eigenvalue weighted by Gasteiger charge is -2.27. The number of rotatable bonds is 5. The molecule has 10 nitrogen and oxygen atoms in total. The molecular formula is C13H19N5O5. The Hall–Kier alpha value is -1.97. The molecule has 0 aromatic carbocycles. The van der Waals surface area contributed by atoms with E-state index in [1.165, 1.54) is 6.20 Å². The van der Waals surface area contributed by atoms with Gasteiger partial charge in [-0.05, 0) is 32.4 Å². The largest absolute Gasteiger partial charge is 0.387 e. The highest BCUT2D eigenvalue weighted by Crippen LogP contribution is 2.38. The van der Waals surface area contributed by atoms with Crippen LogP contribution in [0, 0.1) is 6.92 Å². The standard InChI is InChI=1S/C13H19N5O5/c1-7(2)22-6-13(16-17-14)10(20)9(19)11(23-13)18-5-4-8(3)15-12(18)21/h4-5,7,9-11,19-20H,6H2,1-3H3/t9-,10-,11+,13+/m0/s1. The molecular weight excluding hydrogens is 306 g/mol. The number of aryl methyl sites for hydroxylation is 1. The van der Waals surface area contributed by atoms with Gasteiger partial charge in [-0.2, -0.15) is 4.98 Å². The van der Waals surface area contributed by atoms with Gasteiger partial charge in [-0.1, -0.05) is 5.11 Å². The zero-order valence-electron chi connectivity index (χ0n) is 13.0. The van der Waals surface area contributed by atoms with Crippen LogP contribution in [0.1, 0.15) is 25.8 Å². The summed E-state index contributed by atoms with van der Waals surface area (Å²) in [5, 5.41) is 24.0. The van der Waals surface area contributed by atoms with Crippen molar-refractivity contribution in [3.8, 4) is 0 Å². The third-order valence-electron chi connectivity index (χ3n) is 3.48. The van der Waals surface area contributed by atoms with Crippen LogP contribution in [-0.2, 0) is 9.47 Å². The van der Waals surface area contributed by atoms with Crippen molar-refractivity contribution in [2.24, 2.45) is 5.11 Å². The van der Waals surface area contributed by atoms with Crippen LogP contribution >= 0.6 is 0 Å². The maximum atomic E-state index is 12.0. The summed E-state index contributed by atoms with van der Waals surface area (Å²) in [5.41, 5.74) is 6.79. The lowest BCUT2D eigenvalue weighted by atomic mass is 10.1. The molecule has 0 bridgehead atoms. The minimum atomic E-state index is -1.83. The first-order chi connectivity index (χ1) is 10.8. The Morgan fingerprint density at radius 1 is 1.61 bits per heavy atom. The van der Waals surface area contributed by atoms with E-state index >= 15 is 0 Å². The van der Waals surface area contributed by atoms with E-state index < -0.39 is 29.9 Å². The number of aliphatic hydroxyl groups excluding tert-OH is 2. The highest BCUT2D eigenvalue weighted by molar-refractivity contribution is 5.03. The van der Waals surface area contributed by atoms with Crippen LogP contribution in [0.25, 0.3) is 10.4 Å². The van der Waals surface area contributed by atoms with E-state index in [-0.39, 0.29) is 12.7 Å². The van der Waals surface area contributed by atoms with Crippen molar-refractivity contribution in [1.82, 2.24) is 9.55 Å². The Labute approximate surface area is 131 Å². The number of nitrogens with zero attached hydrogens (tertiary/aromatic N) is 5. The van der Waals surface area contributed by atoms with Crippen molar-refractivity contribution >= 4 is 0 Å². The highest BCUT2D eigenvalue weighted by Gasteiger charge is 2.55. The Morgan fingerprint density at radius 2 is 2.30 bits per heavy atom. The van der Waals surface area contributed by atoms with Crippen LogP contribution in [0.15, 0.2) is 22.2 Å². The molecule has 126 valence electrons. The summed E-state index contributed by atoms with van der Waals surface area (Å²) in [6, 6.07) is 1.56. The minimum Gasteiger partial charge on any atom is -0.387 e. The van der Waals surface area contributed by atoms with Crippen molar-refractivity contribution in [3.05, 3.63) is 38.9 Å². The van der Waals surface area contributed by atoms with E-state index in [1.54, 1.807) is 26.8 Å². The van der Waals surface area contributed by atoms with Crippen LogP contribution in [0.5, 0.6) is 0 Å². The van der Waals surface area contributed by atoms with Gasteiger partial charge < -0.3 is 19.7 Å². The zero-order chi connectivity index (χ0) is 17.2. The van der Waals surface area contributed by atoms with Crippen molar-refractivity contribution < 1.29 is 19.7 Å². The number of aromatic nitrogens is 2. The summed E-state index contributed by atoms with van der Waals surface area (Å²) >= 11 is 0. The summed E-state index contributed by atoms with van der Waals surface area (Å²) in [7, 11) is 0. The summed E-state index contributed by atoms with van der Waals surface area (Å²) in [6.45, 7) is 4.89. The van der Waals surface area contributed by atoms with Gasteiger partial charge in [0.2, 0.25) is 5.72 Å². The first kappa shape index (κ1) is 17.4. The second-order valence-electron chi connectivity index (χ2n) is 5.60. The number of ether oxygens (including phenoxy) is 2. The molecule has 4 atom stereocenters. The smallest absolute Gasteiger partial charge is 0.349 e. The van der Waals surface area contributed by atoms with E-state index in [0.29, 0.717) is 5.69 Å². The summed E-state index contributed by atoms with van der Waals surface area (Å²) in [4.78, 5) is 18.4. The van der Waals surface area contributed by atoms with Crippen molar-refractivity contribution in [2.45, 2.75) is 51.0 Å². The third-order valence-corrected chi connectivity index (χ3v) is 3.48. The van der Waals surface area contributed by atoms with Crippen molar-refractivity contribution in [1.29, 1.82) is 0 Å². The van der Waals surface area contributed by atoms with Gasteiger partial charge in [0.15, 0.2) is 6.23 Å².